The van der Waals surface area contributed by atoms with Crippen LogP contribution in [0.15, 0.2) is 17.5 Å². The highest BCUT2D eigenvalue weighted by molar-refractivity contribution is 7.17. The molecule has 10 heteroatoms. The van der Waals surface area contributed by atoms with Gasteiger partial charge in [-0.1, -0.05) is 0 Å². The number of fused-ring (bicyclic) bond motifs is 3. The maximum atomic E-state index is 12.7. The second kappa shape index (κ2) is 7.37. The average molecular weight is 442 g/mol. The number of amides is 1. The van der Waals surface area contributed by atoms with Crippen LogP contribution in [0.4, 0.5) is 22.4 Å². The van der Waals surface area contributed by atoms with Crippen LogP contribution in [-0.4, -0.2) is 54.9 Å². The molecule has 3 N–H and O–H groups in total. The lowest BCUT2D eigenvalue weighted by atomic mass is 9.96. The number of H-pyrrole nitrogens is 1. The third kappa shape index (κ3) is 3.91. The molecular formula is C21H27N7O2S. The van der Waals surface area contributed by atoms with Gasteiger partial charge in [-0.2, -0.15) is 10.1 Å². The maximum Gasteiger partial charge on any atom is 0.410 e. The van der Waals surface area contributed by atoms with E-state index in [-0.39, 0.29) is 24.2 Å². The summed E-state index contributed by atoms with van der Waals surface area (Å²) in [5.74, 6) is 2.08. The molecular weight excluding hydrogens is 414 g/mol. The third-order valence-electron chi connectivity index (χ3n) is 5.72. The number of ether oxygens (including phenoxy) is 1. The smallest absolute Gasteiger partial charge is 0.410 e. The first kappa shape index (κ1) is 20.0. The predicted octanol–water partition coefficient (Wildman–Crippen LogP) is 4.42. The molecule has 3 aromatic rings. The van der Waals surface area contributed by atoms with Gasteiger partial charge in [-0.05, 0) is 58.4 Å². The number of carbonyl (C=O) groups excluding carboxylic acids is 1. The molecule has 2 aliphatic rings. The molecule has 31 heavy (non-hydrogen) atoms. The largest absolute Gasteiger partial charge is 0.444 e. The normalized spacial score (nSPS) is 22.8. The van der Waals surface area contributed by atoms with Gasteiger partial charge in [0, 0.05) is 12.1 Å². The van der Waals surface area contributed by atoms with Crippen LogP contribution < -0.4 is 10.6 Å². The summed E-state index contributed by atoms with van der Waals surface area (Å²) < 4.78 is 6.63. The number of nitrogens with zero attached hydrogens (tertiary/aromatic N) is 4. The number of hydrogen-bond donors (Lipinski definition) is 3. The van der Waals surface area contributed by atoms with Crippen LogP contribution in [0.3, 0.4) is 0 Å². The molecule has 9 nitrogen and oxygen atoms in total. The molecule has 0 aromatic carbocycles. The van der Waals surface area contributed by atoms with Gasteiger partial charge < -0.3 is 20.3 Å². The molecule has 0 aliphatic carbocycles. The predicted molar refractivity (Wildman–Crippen MR) is 121 cm³/mol. The highest BCUT2D eigenvalue weighted by Gasteiger charge is 2.50. The van der Waals surface area contributed by atoms with Crippen LogP contribution in [0.2, 0.25) is 0 Å². The Morgan fingerprint density at radius 3 is 2.90 bits per heavy atom. The van der Waals surface area contributed by atoms with Crippen molar-refractivity contribution in [3.8, 4) is 0 Å². The number of rotatable bonds is 4. The monoisotopic (exact) mass is 441 g/mol. The van der Waals surface area contributed by atoms with Crippen LogP contribution in [0.5, 0.6) is 0 Å². The second-order valence-electron chi connectivity index (χ2n) is 9.25. The Kier molecular flexibility index (Phi) is 4.76. The van der Waals surface area contributed by atoms with E-state index >= 15 is 0 Å². The van der Waals surface area contributed by atoms with E-state index < -0.39 is 5.60 Å². The van der Waals surface area contributed by atoms with Crippen LogP contribution in [0, 0.1) is 6.92 Å². The SMILES string of the molecule is Cc1cc(Nc2nc(NC3CC4CCC3N4C(=O)OC(C)(C)C)nc3ccsc23)[nH]n1. The zero-order valence-electron chi connectivity index (χ0n) is 18.1. The van der Waals surface area contributed by atoms with Gasteiger partial charge in [-0.3, -0.25) is 5.10 Å². The fourth-order valence-corrected chi connectivity index (χ4v) is 5.31. The Balaban J connectivity index is 1.37. The van der Waals surface area contributed by atoms with Crippen molar-refractivity contribution in [2.75, 3.05) is 10.6 Å². The summed E-state index contributed by atoms with van der Waals surface area (Å²) in [6, 6.07) is 4.32. The summed E-state index contributed by atoms with van der Waals surface area (Å²) in [5.41, 5.74) is 1.29. The fourth-order valence-electron chi connectivity index (χ4n) is 4.54. The van der Waals surface area contributed by atoms with E-state index in [9.17, 15) is 4.79 Å². The second-order valence-corrected chi connectivity index (χ2v) is 10.2. The van der Waals surface area contributed by atoms with Crippen molar-refractivity contribution in [1.29, 1.82) is 0 Å². The van der Waals surface area contributed by atoms with Gasteiger partial charge in [0.15, 0.2) is 5.82 Å². The van der Waals surface area contributed by atoms with Crippen LogP contribution in [0.1, 0.15) is 45.7 Å². The molecule has 3 atom stereocenters. The Bertz CT molecular complexity index is 1120. The first-order valence-electron chi connectivity index (χ1n) is 10.6. The molecule has 2 bridgehead atoms. The molecule has 0 radical (unpaired) electrons. The van der Waals surface area contributed by atoms with Crippen molar-refractivity contribution >= 4 is 45.2 Å². The Morgan fingerprint density at radius 1 is 1.32 bits per heavy atom. The molecule has 2 fully saturated rings. The van der Waals surface area contributed by atoms with Gasteiger partial charge in [-0.15, -0.1) is 11.3 Å². The summed E-state index contributed by atoms with van der Waals surface area (Å²) in [7, 11) is 0. The number of carbonyl (C=O) groups is 1. The molecule has 3 aromatic heterocycles. The van der Waals surface area contributed by atoms with Crippen molar-refractivity contribution in [3.63, 3.8) is 0 Å². The molecule has 5 heterocycles. The van der Waals surface area contributed by atoms with Crippen molar-refractivity contribution < 1.29 is 9.53 Å². The highest BCUT2D eigenvalue weighted by Crippen LogP contribution is 2.40. The molecule has 5 rings (SSSR count). The van der Waals surface area contributed by atoms with Gasteiger partial charge in [0.1, 0.15) is 11.4 Å². The van der Waals surface area contributed by atoms with Crippen molar-refractivity contribution in [2.45, 2.75) is 70.7 Å². The molecule has 0 spiro atoms. The van der Waals surface area contributed by atoms with Crippen LogP contribution in [0.25, 0.3) is 10.2 Å². The first-order chi connectivity index (χ1) is 14.8. The number of aromatic nitrogens is 4. The third-order valence-corrected chi connectivity index (χ3v) is 6.63. The number of hydrogen-bond acceptors (Lipinski definition) is 8. The van der Waals surface area contributed by atoms with E-state index in [2.05, 4.69) is 20.8 Å². The minimum Gasteiger partial charge on any atom is -0.444 e. The van der Waals surface area contributed by atoms with Crippen molar-refractivity contribution in [1.82, 2.24) is 25.1 Å². The topological polar surface area (TPSA) is 108 Å². The van der Waals surface area contributed by atoms with Gasteiger partial charge >= 0.3 is 6.09 Å². The lowest BCUT2D eigenvalue weighted by Crippen LogP contribution is -2.42. The van der Waals surface area contributed by atoms with E-state index in [0.29, 0.717) is 5.95 Å². The molecule has 0 saturated carbocycles. The molecule has 3 unspecified atom stereocenters. The zero-order valence-corrected chi connectivity index (χ0v) is 18.9. The summed E-state index contributed by atoms with van der Waals surface area (Å²) in [5, 5.41) is 16.0. The number of aryl methyl sites for hydroxylation is 1. The number of nitrogens with one attached hydrogen (secondary N) is 3. The lowest BCUT2D eigenvalue weighted by Gasteiger charge is -2.28. The Morgan fingerprint density at radius 2 is 2.16 bits per heavy atom. The van der Waals surface area contributed by atoms with Crippen LogP contribution >= 0.6 is 11.3 Å². The highest BCUT2D eigenvalue weighted by atomic mass is 32.1. The van der Waals surface area contributed by atoms with Gasteiger partial charge in [0.2, 0.25) is 5.95 Å². The first-order valence-corrected chi connectivity index (χ1v) is 11.5. The maximum absolute atomic E-state index is 12.7. The van der Waals surface area contributed by atoms with Crippen molar-refractivity contribution in [2.24, 2.45) is 0 Å². The lowest BCUT2D eigenvalue weighted by molar-refractivity contribution is 0.0214. The van der Waals surface area contributed by atoms with E-state index in [1.165, 1.54) is 0 Å². The van der Waals surface area contributed by atoms with Gasteiger partial charge in [0.25, 0.3) is 0 Å². The summed E-state index contributed by atoms with van der Waals surface area (Å²) in [6.07, 6.45) is 2.62. The molecule has 164 valence electrons. The summed E-state index contributed by atoms with van der Waals surface area (Å²) in [6.45, 7) is 7.63. The molecule has 1 amide bonds. The average Bonchev–Trinajstić information content (AvgIpc) is 3.44. The van der Waals surface area contributed by atoms with Gasteiger partial charge in [0.05, 0.1) is 28.0 Å². The zero-order chi connectivity index (χ0) is 21.8. The number of thiophene rings is 1. The van der Waals surface area contributed by atoms with E-state index in [1.54, 1.807) is 11.3 Å². The van der Waals surface area contributed by atoms with E-state index in [4.69, 9.17) is 14.7 Å². The minimum atomic E-state index is -0.499. The summed E-state index contributed by atoms with van der Waals surface area (Å²) in [4.78, 5) is 24.1. The Hall–Kier alpha value is -2.88. The van der Waals surface area contributed by atoms with Crippen molar-refractivity contribution in [3.05, 3.63) is 23.2 Å². The van der Waals surface area contributed by atoms with E-state index in [1.807, 2.05) is 50.1 Å². The standard InChI is InChI=1S/C21H27N7O2S/c1-11-9-16(27-26-11)24-18-17-13(7-8-31-17)22-19(25-18)23-14-10-12-5-6-15(14)28(12)20(29)30-21(2,3)4/h7-9,12,14-15H,5-6,10H2,1-4H3,(H3,22,23,24,25,26,27). The summed E-state index contributed by atoms with van der Waals surface area (Å²) >= 11 is 1.59. The fraction of sp³-hybridized carbons (Fsp3) is 0.524. The quantitative estimate of drug-likeness (QED) is 0.550. The minimum absolute atomic E-state index is 0.0910. The van der Waals surface area contributed by atoms with Crippen LogP contribution in [-0.2, 0) is 4.74 Å². The van der Waals surface area contributed by atoms with Gasteiger partial charge in [-0.25, -0.2) is 9.78 Å². The number of anilines is 3. The van der Waals surface area contributed by atoms with E-state index in [0.717, 1.165) is 46.8 Å². The molecule has 2 saturated heterocycles. The number of aromatic amines is 1. The Labute approximate surface area is 184 Å². The molecule has 2 aliphatic heterocycles.